The third-order valence-electron chi connectivity index (χ3n) is 1.80. The van der Waals surface area contributed by atoms with Crippen molar-refractivity contribution in [3.05, 3.63) is 29.3 Å². The molecule has 1 rings (SSSR count). The molecule has 52 valence electrons. The second kappa shape index (κ2) is 3.02. The molecule has 0 unspecified atom stereocenters. The fourth-order valence-electron chi connectivity index (χ4n) is 0.897. The fourth-order valence-corrected chi connectivity index (χ4v) is 1.51. The van der Waals surface area contributed by atoms with Crippen LogP contribution in [0.1, 0.15) is 11.1 Å². The van der Waals surface area contributed by atoms with E-state index in [1.54, 1.807) is 0 Å². The van der Waals surface area contributed by atoms with Gasteiger partial charge in [0.25, 0.3) is 0 Å². The van der Waals surface area contributed by atoms with Crippen molar-refractivity contribution in [2.75, 3.05) is 0 Å². The molecule has 0 aliphatic carbocycles. The Morgan fingerprint density at radius 1 is 1.10 bits per heavy atom. The Morgan fingerprint density at radius 2 is 1.80 bits per heavy atom. The average molecular weight is 148 g/mol. The second-order valence-electron chi connectivity index (χ2n) is 2.55. The molecule has 0 saturated carbocycles. The van der Waals surface area contributed by atoms with E-state index in [9.17, 15) is 0 Å². The van der Waals surface area contributed by atoms with Gasteiger partial charge in [-0.25, -0.2) is 0 Å². The molecule has 0 aliphatic rings. The molecule has 0 atom stereocenters. The van der Waals surface area contributed by atoms with Gasteiger partial charge in [-0.1, -0.05) is 29.9 Å². The highest BCUT2D eigenvalue weighted by molar-refractivity contribution is 6.51. The summed E-state index contributed by atoms with van der Waals surface area (Å²) in [5.74, 6) is 0. The molecule has 0 aliphatic heterocycles. The molecule has 0 spiro atoms. The zero-order valence-electron chi connectivity index (χ0n) is 6.73. The third-order valence-corrected chi connectivity index (χ3v) is 2.68. The Morgan fingerprint density at radius 3 is 2.30 bits per heavy atom. The molecule has 0 N–H and O–H groups in total. The van der Waals surface area contributed by atoms with Crippen LogP contribution in [0.15, 0.2) is 18.2 Å². The molecule has 0 heterocycles. The number of hydrogen-bond donors (Lipinski definition) is 0. The van der Waals surface area contributed by atoms with Crippen LogP contribution in [0.4, 0.5) is 0 Å². The van der Waals surface area contributed by atoms with Crippen LogP contribution < -0.4 is 5.19 Å². The highest BCUT2D eigenvalue weighted by atomic mass is 28.2. The summed E-state index contributed by atoms with van der Waals surface area (Å²) in [5, 5.41) is 1.46. The first-order valence-corrected chi connectivity index (χ1v) is 4.99. The van der Waals surface area contributed by atoms with Gasteiger partial charge in [-0.2, -0.15) is 0 Å². The van der Waals surface area contributed by atoms with Crippen LogP contribution in [0.3, 0.4) is 0 Å². The monoisotopic (exact) mass is 148 g/mol. The summed E-state index contributed by atoms with van der Waals surface area (Å²) in [7, 11) is 0.923. The van der Waals surface area contributed by atoms with Crippen molar-refractivity contribution in [2.45, 2.75) is 20.4 Å². The van der Waals surface area contributed by atoms with E-state index in [2.05, 4.69) is 38.6 Å². The summed E-state index contributed by atoms with van der Waals surface area (Å²) in [6.45, 7) is 6.53. The van der Waals surface area contributed by atoms with Crippen LogP contribution in [0.25, 0.3) is 0 Å². The maximum absolute atomic E-state index is 2.27. The summed E-state index contributed by atoms with van der Waals surface area (Å²) in [6, 6.07) is 6.68. The summed E-state index contributed by atoms with van der Waals surface area (Å²) in [4.78, 5) is 0. The molecule has 1 aromatic rings. The van der Waals surface area contributed by atoms with E-state index in [0.717, 1.165) is 9.52 Å². The number of hydrogen-bond acceptors (Lipinski definition) is 0. The van der Waals surface area contributed by atoms with E-state index in [1.165, 1.54) is 16.3 Å². The molecule has 1 aromatic carbocycles. The van der Waals surface area contributed by atoms with Crippen LogP contribution in [0.2, 0.25) is 6.55 Å². The molecule has 2 radical (unpaired) electrons. The number of benzene rings is 1. The Labute approximate surface area is 65.1 Å². The van der Waals surface area contributed by atoms with Gasteiger partial charge in [0.15, 0.2) is 0 Å². The third kappa shape index (κ3) is 1.48. The summed E-state index contributed by atoms with van der Waals surface area (Å²) in [6.07, 6.45) is 0. The summed E-state index contributed by atoms with van der Waals surface area (Å²) < 4.78 is 0. The summed E-state index contributed by atoms with van der Waals surface area (Å²) in [5.41, 5.74) is 2.80. The Balaban J connectivity index is 3.04. The van der Waals surface area contributed by atoms with Crippen molar-refractivity contribution in [1.29, 1.82) is 0 Å². The van der Waals surface area contributed by atoms with Gasteiger partial charge in [-0.3, -0.25) is 0 Å². The van der Waals surface area contributed by atoms with Crippen molar-refractivity contribution < 1.29 is 0 Å². The minimum absolute atomic E-state index is 0.923. The standard InChI is InChI=1S/C9H12Si/c1-7-4-5-9(10-3)6-8(7)2/h4-6H,1-3H3. The van der Waals surface area contributed by atoms with E-state index in [-0.39, 0.29) is 0 Å². The number of aryl methyl sites for hydroxylation is 2. The zero-order valence-corrected chi connectivity index (χ0v) is 7.73. The van der Waals surface area contributed by atoms with Gasteiger partial charge in [-0.15, -0.1) is 0 Å². The van der Waals surface area contributed by atoms with Gasteiger partial charge in [0.1, 0.15) is 0 Å². The fraction of sp³-hybridized carbons (Fsp3) is 0.333. The van der Waals surface area contributed by atoms with Crippen LogP contribution in [0, 0.1) is 13.8 Å². The van der Waals surface area contributed by atoms with E-state index in [4.69, 9.17) is 0 Å². The largest absolute Gasteiger partial charge is 0.0773 e. The maximum Gasteiger partial charge on any atom is 0.0773 e. The van der Waals surface area contributed by atoms with Gasteiger partial charge in [0.2, 0.25) is 0 Å². The SMILES string of the molecule is C[Si]c1ccc(C)c(C)c1. The van der Waals surface area contributed by atoms with E-state index in [0.29, 0.717) is 0 Å². The zero-order chi connectivity index (χ0) is 7.56. The topological polar surface area (TPSA) is 0 Å². The molecule has 0 bridgehead atoms. The number of rotatable bonds is 1. The van der Waals surface area contributed by atoms with Crippen LogP contribution in [0.5, 0.6) is 0 Å². The Hall–Kier alpha value is -0.563. The van der Waals surface area contributed by atoms with Crippen LogP contribution in [-0.2, 0) is 0 Å². The normalized spacial score (nSPS) is 9.90. The van der Waals surface area contributed by atoms with E-state index < -0.39 is 0 Å². The first-order valence-electron chi connectivity index (χ1n) is 3.49. The van der Waals surface area contributed by atoms with Crippen molar-refractivity contribution in [2.24, 2.45) is 0 Å². The molecule has 10 heavy (non-hydrogen) atoms. The smallest absolute Gasteiger partial charge is 0.0688 e. The van der Waals surface area contributed by atoms with Crippen molar-refractivity contribution in [1.82, 2.24) is 0 Å². The first-order chi connectivity index (χ1) is 4.74. The van der Waals surface area contributed by atoms with Gasteiger partial charge in [-0.05, 0) is 25.0 Å². The van der Waals surface area contributed by atoms with Crippen LogP contribution >= 0.6 is 0 Å². The van der Waals surface area contributed by atoms with Gasteiger partial charge < -0.3 is 0 Å². The van der Waals surface area contributed by atoms with E-state index in [1.807, 2.05) is 0 Å². The maximum atomic E-state index is 2.27. The Bertz CT molecular complexity index is 228. The van der Waals surface area contributed by atoms with E-state index >= 15 is 0 Å². The molecular weight excluding hydrogens is 136 g/mol. The molecular formula is C9H12Si. The van der Waals surface area contributed by atoms with Gasteiger partial charge in [0, 0.05) is 0 Å². The lowest BCUT2D eigenvalue weighted by molar-refractivity contribution is 1.35. The minimum Gasteiger partial charge on any atom is -0.0688 e. The lowest BCUT2D eigenvalue weighted by Gasteiger charge is -2.00. The quantitative estimate of drug-likeness (QED) is 0.532. The van der Waals surface area contributed by atoms with Gasteiger partial charge in [0.05, 0.1) is 9.52 Å². The van der Waals surface area contributed by atoms with Crippen molar-refractivity contribution in [3.8, 4) is 0 Å². The molecule has 0 nitrogen and oxygen atoms in total. The summed E-state index contributed by atoms with van der Waals surface area (Å²) >= 11 is 0. The highest BCUT2D eigenvalue weighted by Crippen LogP contribution is 2.01. The van der Waals surface area contributed by atoms with Gasteiger partial charge >= 0.3 is 0 Å². The molecule has 0 fully saturated rings. The first kappa shape index (κ1) is 7.54. The van der Waals surface area contributed by atoms with Crippen molar-refractivity contribution in [3.63, 3.8) is 0 Å². The van der Waals surface area contributed by atoms with Crippen molar-refractivity contribution >= 4 is 14.7 Å². The lowest BCUT2D eigenvalue weighted by Crippen LogP contribution is -2.10. The molecule has 1 heteroatoms. The lowest BCUT2D eigenvalue weighted by atomic mass is 10.1. The molecule has 0 amide bonds. The van der Waals surface area contributed by atoms with Crippen LogP contribution in [-0.4, -0.2) is 9.52 Å². The predicted molar refractivity (Wildman–Crippen MR) is 47.2 cm³/mol. The molecule has 0 saturated heterocycles. The Kier molecular flexibility index (Phi) is 2.28. The minimum atomic E-state index is 0.923. The second-order valence-corrected chi connectivity index (χ2v) is 3.63. The average Bonchev–Trinajstić information content (AvgIpc) is 1.95. The highest BCUT2D eigenvalue weighted by Gasteiger charge is 1.92. The predicted octanol–water partition coefficient (Wildman–Crippen LogP) is 1.68. The molecule has 0 aromatic heterocycles.